The van der Waals surface area contributed by atoms with Crippen molar-refractivity contribution in [2.24, 2.45) is 5.92 Å². The normalized spacial score (nSPS) is 27.2. The third-order valence-electron chi connectivity index (χ3n) is 3.20. The van der Waals surface area contributed by atoms with E-state index in [-0.39, 0.29) is 6.04 Å². The van der Waals surface area contributed by atoms with E-state index < -0.39 is 5.97 Å². The lowest BCUT2D eigenvalue weighted by Gasteiger charge is -2.36. The molecular formula is C11H18N2O2. The number of carboxylic acid groups (broad SMARTS) is 1. The minimum absolute atomic E-state index is 0.378. The summed E-state index contributed by atoms with van der Waals surface area (Å²) >= 11 is 0. The van der Waals surface area contributed by atoms with Crippen molar-refractivity contribution in [3.63, 3.8) is 0 Å². The summed E-state index contributed by atoms with van der Waals surface area (Å²) in [4.78, 5) is 13.0. The summed E-state index contributed by atoms with van der Waals surface area (Å²) in [5, 5.41) is 17.6. The highest BCUT2D eigenvalue weighted by molar-refractivity contribution is 5.73. The van der Waals surface area contributed by atoms with Crippen LogP contribution in [-0.4, -0.2) is 35.1 Å². The average molecular weight is 210 g/mol. The molecule has 0 aromatic heterocycles. The van der Waals surface area contributed by atoms with Crippen molar-refractivity contribution in [1.29, 1.82) is 5.26 Å². The van der Waals surface area contributed by atoms with E-state index in [1.165, 1.54) is 0 Å². The lowest BCUT2D eigenvalue weighted by molar-refractivity contribution is -0.145. The molecule has 1 heterocycles. The largest absolute Gasteiger partial charge is 0.480 e. The Labute approximate surface area is 90.5 Å². The number of rotatable bonds is 4. The topological polar surface area (TPSA) is 64.3 Å². The molecule has 0 spiro atoms. The Balaban J connectivity index is 2.55. The molecule has 0 saturated carbocycles. The van der Waals surface area contributed by atoms with Crippen LogP contribution in [0.15, 0.2) is 0 Å². The van der Waals surface area contributed by atoms with Crippen molar-refractivity contribution in [3.8, 4) is 6.07 Å². The van der Waals surface area contributed by atoms with Gasteiger partial charge in [0.1, 0.15) is 6.04 Å². The van der Waals surface area contributed by atoms with Gasteiger partial charge in [0.25, 0.3) is 0 Å². The van der Waals surface area contributed by atoms with Gasteiger partial charge in [-0.1, -0.05) is 13.3 Å². The summed E-state index contributed by atoms with van der Waals surface area (Å²) in [7, 11) is 0. The zero-order chi connectivity index (χ0) is 11.3. The Bertz CT molecular complexity index is 260. The highest BCUT2D eigenvalue weighted by Gasteiger charge is 2.31. The van der Waals surface area contributed by atoms with Gasteiger partial charge in [-0.2, -0.15) is 5.26 Å². The van der Waals surface area contributed by atoms with Crippen LogP contribution in [-0.2, 0) is 4.79 Å². The van der Waals surface area contributed by atoms with Crippen molar-refractivity contribution in [3.05, 3.63) is 0 Å². The maximum absolute atomic E-state index is 11.1. The molecule has 1 saturated heterocycles. The summed E-state index contributed by atoms with van der Waals surface area (Å²) in [6.07, 6.45) is 3.26. The molecular weight excluding hydrogens is 192 g/mol. The van der Waals surface area contributed by atoms with Gasteiger partial charge in [-0.25, -0.2) is 0 Å². The van der Waals surface area contributed by atoms with E-state index in [0.29, 0.717) is 18.9 Å². The minimum Gasteiger partial charge on any atom is -0.480 e. The number of hydrogen-bond donors (Lipinski definition) is 1. The SMILES string of the molecule is CCC1CCN(CCC#N)C(C(=O)O)C1. The van der Waals surface area contributed by atoms with Gasteiger partial charge in [0, 0.05) is 13.0 Å². The Morgan fingerprint density at radius 1 is 1.67 bits per heavy atom. The zero-order valence-corrected chi connectivity index (χ0v) is 9.15. The molecule has 0 radical (unpaired) electrons. The number of carbonyl (C=O) groups is 1. The highest BCUT2D eigenvalue weighted by Crippen LogP contribution is 2.25. The van der Waals surface area contributed by atoms with Crippen molar-refractivity contribution in [2.45, 2.75) is 38.6 Å². The quantitative estimate of drug-likeness (QED) is 0.763. The molecule has 0 amide bonds. The van der Waals surface area contributed by atoms with Gasteiger partial charge < -0.3 is 5.11 Å². The fraction of sp³-hybridized carbons (Fsp3) is 0.818. The van der Waals surface area contributed by atoms with E-state index in [1.807, 2.05) is 4.90 Å². The van der Waals surface area contributed by atoms with Crippen LogP contribution in [0.4, 0.5) is 0 Å². The molecule has 2 atom stereocenters. The number of carboxylic acids is 1. The number of piperidine rings is 1. The Hall–Kier alpha value is -1.08. The van der Waals surface area contributed by atoms with Crippen LogP contribution in [0.25, 0.3) is 0 Å². The third-order valence-corrected chi connectivity index (χ3v) is 3.20. The Kier molecular flexibility index (Phi) is 4.57. The maximum Gasteiger partial charge on any atom is 0.320 e. The lowest BCUT2D eigenvalue weighted by atomic mass is 9.89. The van der Waals surface area contributed by atoms with E-state index >= 15 is 0 Å². The van der Waals surface area contributed by atoms with Gasteiger partial charge in [0.2, 0.25) is 0 Å². The van der Waals surface area contributed by atoms with Gasteiger partial charge in [0.15, 0.2) is 0 Å². The van der Waals surface area contributed by atoms with Crippen LogP contribution in [0, 0.1) is 17.2 Å². The molecule has 0 aromatic carbocycles. The van der Waals surface area contributed by atoms with E-state index in [4.69, 9.17) is 10.4 Å². The predicted octanol–water partition coefficient (Wildman–Crippen LogP) is 1.48. The molecule has 4 heteroatoms. The van der Waals surface area contributed by atoms with Crippen molar-refractivity contribution in [2.75, 3.05) is 13.1 Å². The van der Waals surface area contributed by atoms with Crippen molar-refractivity contribution >= 4 is 5.97 Å². The van der Waals surface area contributed by atoms with Crippen LogP contribution >= 0.6 is 0 Å². The summed E-state index contributed by atoms with van der Waals surface area (Å²) < 4.78 is 0. The minimum atomic E-state index is -0.744. The van der Waals surface area contributed by atoms with E-state index in [9.17, 15) is 4.79 Å². The highest BCUT2D eigenvalue weighted by atomic mass is 16.4. The summed E-state index contributed by atoms with van der Waals surface area (Å²) in [6.45, 7) is 3.51. The van der Waals surface area contributed by atoms with Gasteiger partial charge in [-0.15, -0.1) is 0 Å². The first-order valence-corrected chi connectivity index (χ1v) is 5.52. The number of nitrogens with zero attached hydrogens (tertiary/aromatic N) is 2. The van der Waals surface area contributed by atoms with Crippen LogP contribution in [0.1, 0.15) is 32.6 Å². The summed E-state index contributed by atoms with van der Waals surface area (Å²) in [6, 6.07) is 1.69. The van der Waals surface area contributed by atoms with Gasteiger partial charge in [-0.05, 0) is 25.3 Å². The van der Waals surface area contributed by atoms with Gasteiger partial charge >= 0.3 is 5.97 Å². The summed E-state index contributed by atoms with van der Waals surface area (Å²) in [5.74, 6) is -0.212. The van der Waals surface area contributed by atoms with Gasteiger partial charge in [-0.3, -0.25) is 9.69 Å². The molecule has 2 unspecified atom stereocenters. The first-order chi connectivity index (χ1) is 7.19. The summed E-state index contributed by atoms with van der Waals surface area (Å²) in [5.41, 5.74) is 0. The molecule has 15 heavy (non-hydrogen) atoms. The second-order valence-electron chi connectivity index (χ2n) is 4.10. The van der Waals surface area contributed by atoms with E-state index in [0.717, 1.165) is 25.8 Å². The molecule has 0 aromatic rings. The molecule has 1 fully saturated rings. The van der Waals surface area contributed by atoms with Gasteiger partial charge in [0.05, 0.1) is 6.07 Å². The first-order valence-electron chi connectivity index (χ1n) is 5.52. The molecule has 1 N–H and O–H groups in total. The lowest BCUT2D eigenvalue weighted by Crippen LogP contribution is -2.47. The second-order valence-corrected chi connectivity index (χ2v) is 4.10. The molecule has 1 aliphatic heterocycles. The first kappa shape index (κ1) is 12.0. The Morgan fingerprint density at radius 3 is 2.93 bits per heavy atom. The van der Waals surface area contributed by atoms with E-state index in [1.54, 1.807) is 0 Å². The number of hydrogen-bond acceptors (Lipinski definition) is 3. The van der Waals surface area contributed by atoms with Crippen LogP contribution < -0.4 is 0 Å². The molecule has 0 aliphatic carbocycles. The van der Waals surface area contributed by atoms with Crippen molar-refractivity contribution < 1.29 is 9.90 Å². The smallest absolute Gasteiger partial charge is 0.320 e. The average Bonchev–Trinajstić information content (AvgIpc) is 2.26. The fourth-order valence-corrected chi connectivity index (χ4v) is 2.18. The number of nitriles is 1. The maximum atomic E-state index is 11.1. The molecule has 4 nitrogen and oxygen atoms in total. The third kappa shape index (κ3) is 3.21. The van der Waals surface area contributed by atoms with Crippen LogP contribution in [0.5, 0.6) is 0 Å². The molecule has 0 bridgehead atoms. The van der Waals surface area contributed by atoms with Crippen LogP contribution in [0.3, 0.4) is 0 Å². The predicted molar refractivity (Wildman–Crippen MR) is 56.2 cm³/mol. The Morgan fingerprint density at radius 2 is 2.40 bits per heavy atom. The van der Waals surface area contributed by atoms with Crippen LogP contribution in [0.2, 0.25) is 0 Å². The second kappa shape index (κ2) is 5.72. The molecule has 84 valence electrons. The molecule has 1 rings (SSSR count). The standard InChI is InChI=1S/C11H18N2O2/c1-2-9-4-7-13(6-3-5-12)10(8-9)11(14)15/h9-10H,2-4,6-8H2,1H3,(H,14,15). The number of aliphatic carboxylic acids is 1. The van der Waals surface area contributed by atoms with Crippen molar-refractivity contribution in [1.82, 2.24) is 4.90 Å². The molecule has 1 aliphatic rings. The van der Waals surface area contributed by atoms with E-state index in [2.05, 4.69) is 13.0 Å². The monoisotopic (exact) mass is 210 g/mol. The number of likely N-dealkylation sites (tertiary alicyclic amines) is 1. The fourth-order valence-electron chi connectivity index (χ4n) is 2.18. The zero-order valence-electron chi connectivity index (χ0n) is 9.15.